The van der Waals surface area contributed by atoms with E-state index >= 15 is 0 Å². The molecule has 0 bridgehead atoms. The topological polar surface area (TPSA) is 12.0 Å². The van der Waals surface area contributed by atoms with Gasteiger partial charge in [-0.1, -0.05) is 23.7 Å². The van der Waals surface area contributed by atoms with E-state index in [1.54, 1.807) is 11.3 Å². The smallest absolute Gasteiger partial charge is 0.0412 e. The second-order valence-corrected chi connectivity index (χ2v) is 4.77. The Labute approximate surface area is 98.7 Å². The molecule has 0 saturated heterocycles. The maximum Gasteiger partial charge on any atom is 0.0412 e. The zero-order valence-corrected chi connectivity index (χ0v) is 10.0. The fraction of sp³-hybridized carbons (Fsp3) is 0.167. The molecule has 2 aromatic rings. The number of rotatable bonds is 3. The van der Waals surface area contributed by atoms with E-state index < -0.39 is 0 Å². The minimum Gasteiger partial charge on any atom is -0.315 e. The van der Waals surface area contributed by atoms with Gasteiger partial charge in [-0.25, -0.2) is 0 Å². The lowest BCUT2D eigenvalue weighted by molar-refractivity contribution is 0.831. The van der Waals surface area contributed by atoms with E-state index in [0.717, 1.165) is 11.6 Å². The Bertz CT molecular complexity index is 450. The van der Waals surface area contributed by atoms with Gasteiger partial charge in [0, 0.05) is 16.4 Å². The summed E-state index contributed by atoms with van der Waals surface area (Å²) in [6, 6.07) is 10.1. The van der Waals surface area contributed by atoms with Crippen molar-refractivity contribution in [2.75, 3.05) is 7.05 Å². The van der Waals surface area contributed by atoms with Crippen molar-refractivity contribution in [3.05, 3.63) is 45.6 Å². The predicted molar refractivity (Wildman–Crippen MR) is 67.5 cm³/mol. The molecular formula is C12H12ClNS. The van der Waals surface area contributed by atoms with Crippen LogP contribution in [0.15, 0.2) is 35.7 Å². The summed E-state index contributed by atoms with van der Waals surface area (Å²) in [5.74, 6) is 0. The van der Waals surface area contributed by atoms with Gasteiger partial charge in [0.2, 0.25) is 0 Å². The summed E-state index contributed by atoms with van der Waals surface area (Å²) in [6.07, 6.45) is 0. The van der Waals surface area contributed by atoms with Gasteiger partial charge in [-0.15, -0.1) is 11.3 Å². The van der Waals surface area contributed by atoms with Crippen LogP contribution in [-0.2, 0) is 6.54 Å². The van der Waals surface area contributed by atoms with Crippen molar-refractivity contribution in [3.8, 4) is 11.1 Å². The minimum atomic E-state index is 0.786. The first kappa shape index (κ1) is 10.7. The van der Waals surface area contributed by atoms with Crippen LogP contribution in [0.25, 0.3) is 11.1 Å². The molecule has 0 radical (unpaired) electrons. The second-order valence-electron chi connectivity index (χ2n) is 3.34. The molecular weight excluding hydrogens is 226 g/mol. The fourth-order valence-electron chi connectivity index (χ4n) is 1.47. The lowest BCUT2D eigenvalue weighted by atomic mass is 10.1. The Morgan fingerprint density at radius 3 is 2.87 bits per heavy atom. The summed E-state index contributed by atoms with van der Waals surface area (Å²) in [5, 5.41) is 6.10. The largest absolute Gasteiger partial charge is 0.315 e. The van der Waals surface area contributed by atoms with Gasteiger partial charge < -0.3 is 5.32 Å². The van der Waals surface area contributed by atoms with Gasteiger partial charge in [0.1, 0.15) is 0 Å². The van der Waals surface area contributed by atoms with Gasteiger partial charge >= 0.3 is 0 Å². The SMILES string of the molecule is CNCc1cc(-c2cccc(Cl)c2)cs1. The molecule has 2 rings (SSSR count). The maximum absolute atomic E-state index is 5.95. The third kappa shape index (κ3) is 2.59. The van der Waals surface area contributed by atoms with E-state index in [0.29, 0.717) is 0 Å². The van der Waals surface area contributed by atoms with Gasteiger partial charge in [-0.05, 0) is 41.8 Å². The monoisotopic (exact) mass is 237 g/mol. The fourth-order valence-corrected chi connectivity index (χ4v) is 2.56. The van der Waals surface area contributed by atoms with Crippen LogP contribution >= 0.6 is 22.9 Å². The molecule has 1 nitrogen and oxygen atoms in total. The van der Waals surface area contributed by atoms with Crippen molar-refractivity contribution in [2.45, 2.75) is 6.54 Å². The van der Waals surface area contributed by atoms with E-state index in [9.17, 15) is 0 Å². The summed E-state index contributed by atoms with van der Waals surface area (Å²) >= 11 is 7.72. The molecule has 3 heteroatoms. The molecule has 0 atom stereocenters. The molecule has 0 amide bonds. The van der Waals surface area contributed by atoms with Crippen LogP contribution in [0.3, 0.4) is 0 Å². The van der Waals surface area contributed by atoms with Crippen LogP contribution in [0, 0.1) is 0 Å². The average molecular weight is 238 g/mol. The van der Waals surface area contributed by atoms with Crippen molar-refractivity contribution in [3.63, 3.8) is 0 Å². The number of hydrogen-bond acceptors (Lipinski definition) is 2. The molecule has 15 heavy (non-hydrogen) atoms. The van der Waals surface area contributed by atoms with Crippen molar-refractivity contribution < 1.29 is 0 Å². The van der Waals surface area contributed by atoms with Crippen LogP contribution in [0.2, 0.25) is 5.02 Å². The number of nitrogens with one attached hydrogen (secondary N) is 1. The maximum atomic E-state index is 5.95. The first-order chi connectivity index (χ1) is 7.29. The van der Waals surface area contributed by atoms with Gasteiger partial charge in [0.15, 0.2) is 0 Å². The first-order valence-electron chi connectivity index (χ1n) is 4.77. The third-order valence-electron chi connectivity index (χ3n) is 2.16. The number of hydrogen-bond donors (Lipinski definition) is 1. The molecule has 1 N–H and O–H groups in total. The minimum absolute atomic E-state index is 0.786. The van der Waals surface area contributed by atoms with E-state index in [1.165, 1.54) is 16.0 Å². The molecule has 0 aliphatic heterocycles. The molecule has 0 aliphatic rings. The number of halogens is 1. The van der Waals surface area contributed by atoms with Crippen LogP contribution in [0.5, 0.6) is 0 Å². The molecule has 0 saturated carbocycles. The van der Waals surface area contributed by atoms with E-state index in [1.807, 2.05) is 25.2 Å². The van der Waals surface area contributed by atoms with E-state index in [2.05, 4.69) is 22.8 Å². The quantitative estimate of drug-likeness (QED) is 0.857. The Morgan fingerprint density at radius 2 is 2.13 bits per heavy atom. The molecule has 0 spiro atoms. The number of benzene rings is 1. The highest BCUT2D eigenvalue weighted by molar-refractivity contribution is 7.10. The normalized spacial score (nSPS) is 10.5. The van der Waals surface area contributed by atoms with Crippen LogP contribution in [0.4, 0.5) is 0 Å². The Morgan fingerprint density at radius 1 is 1.27 bits per heavy atom. The lowest BCUT2D eigenvalue weighted by Crippen LogP contribution is -2.02. The predicted octanol–water partition coefficient (Wildman–Crippen LogP) is 3.79. The zero-order chi connectivity index (χ0) is 10.7. The lowest BCUT2D eigenvalue weighted by Gasteiger charge is -1.97. The van der Waals surface area contributed by atoms with Crippen molar-refractivity contribution in [1.29, 1.82) is 0 Å². The van der Waals surface area contributed by atoms with Crippen molar-refractivity contribution in [1.82, 2.24) is 5.32 Å². The Hall–Kier alpha value is -0.830. The summed E-state index contributed by atoms with van der Waals surface area (Å²) in [6.45, 7) is 0.922. The molecule has 0 unspecified atom stereocenters. The highest BCUT2D eigenvalue weighted by Gasteiger charge is 2.02. The summed E-state index contributed by atoms with van der Waals surface area (Å²) < 4.78 is 0. The molecule has 1 heterocycles. The van der Waals surface area contributed by atoms with Gasteiger partial charge in [0.05, 0.1) is 0 Å². The van der Waals surface area contributed by atoms with Crippen molar-refractivity contribution >= 4 is 22.9 Å². The standard InChI is InChI=1S/C12H12ClNS/c1-14-7-12-6-10(8-15-12)9-3-2-4-11(13)5-9/h2-6,8,14H,7H2,1H3. The third-order valence-corrected chi connectivity index (χ3v) is 3.33. The van der Waals surface area contributed by atoms with Crippen LogP contribution in [-0.4, -0.2) is 7.05 Å². The van der Waals surface area contributed by atoms with Gasteiger partial charge in [0.25, 0.3) is 0 Å². The molecule has 0 fully saturated rings. The molecule has 0 aliphatic carbocycles. The van der Waals surface area contributed by atoms with Gasteiger partial charge in [-0.2, -0.15) is 0 Å². The van der Waals surface area contributed by atoms with E-state index in [4.69, 9.17) is 11.6 Å². The molecule has 78 valence electrons. The zero-order valence-electron chi connectivity index (χ0n) is 8.46. The highest BCUT2D eigenvalue weighted by Crippen LogP contribution is 2.27. The Balaban J connectivity index is 2.29. The first-order valence-corrected chi connectivity index (χ1v) is 6.03. The van der Waals surface area contributed by atoms with E-state index in [-0.39, 0.29) is 0 Å². The average Bonchev–Trinajstić information content (AvgIpc) is 2.67. The second kappa shape index (κ2) is 4.79. The molecule has 1 aromatic carbocycles. The van der Waals surface area contributed by atoms with Crippen molar-refractivity contribution in [2.24, 2.45) is 0 Å². The summed E-state index contributed by atoms with van der Waals surface area (Å²) in [7, 11) is 1.96. The summed E-state index contributed by atoms with van der Waals surface area (Å²) in [4.78, 5) is 1.34. The number of thiophene rings is 1. The van der Waals surface area contributed by atoms with Crippen LogP contribution in [0.1, 0.15) is 4.88 Å². The molecule has 1 aromatic heterocycles. The van der Waals surface area contributed by atoms with Crippen LogP contribution < -0.4 is 5.32 Å². The summed E-state index contributed by atoms with van der Waals surface area (Å²) in [5.41, 5.74) is 2.42. The highest BCUT2D eigenvalue weighted by atomic mass is 35.5. The van der Waals surface area contributed by atoms with Gasteiger partial charge in [-0.3, -0.25) is 0 Å². The Kier molecular flexibility index (Phi) is 3.41.